The van der Waals surface area contributed by atoms with Crippen molar-refractivity contribution in [2.24, 2.45) is 5.84 Å². The van der Waals surface area contributed by atoms with Gasteiger partial charge in [0.05, 0.1) is 33.7 Å². The zero-order valence-corrected chi connectivity index (χ0v) is 12.0. The monoisotopic (exact) mass is 291 g/mol. The number of nitrogens with two attached hydrogens (primary N) is 1. The van der Waals surface area contributed by atoms with Crippen molar-refractivity contribution in [3.63, 3.8) is 0 Å². The van der Waals surface area contributed by atoms with Crippen LogP contribution in [0.25, 0.3) is 0 Å². The highest BCUT2D eigenvalue weighted by atomic mass is 16.5. The van der Waals surface area contributed by atoms with Crippen molar-refractivity contribution in [2.75, 3.05) is 32.1 Å². The molecule has 0 bridgehead atoms. The molecule has 0 aliphatic carbocycles. The van der Waals surface area contributed by atoms with Crippen LogP contribution in [0, 0.1) is 0 Å². The number of aromatic nitrogens is 2. The van der Waals surface area contributed by atoms with Gasteiger partial charge in [-0.05, 0) is 0 Å². The normalized spacial score (nSPS) is 9.90. The van der Waals surface area contributed by atoms with E-state index in [4.69, 9.17) is 20.1 Å². The summed E-state index contributed by atoms with van der Waals surface area (Å²) in [5.74, 6) is 7.89. The third-order valence-electron chi connectivity index (χ3n) is 2.72. The van der Waals surface area contributed by atoms with Crippen LogP contribution in [-0.2, 0) is 0 Å². The lowest BCUT2D eigenvalue weighted by molar-refractivity contribution is 0.324. The molecule has 0 aliphatic rings. The van der Waals surface area contributed by atoms with Crippen LogP contribution >= 0.6 is 0 Å². The van der Waals surface area contributed by atoms with Crippen LogP contribution in [0.3, 0.4) is 0 Å². The molecule has 112 valence electrons. The van der Waals surface area contributed by atoms with Gasteiger partial charge in [-0.15, -0.1) is 0 Å². The van der Waals surface area contributed by atoms with Crippen molar-refractivity contribution in [1.82, 2.24) is 9.97 Å². The summed E-state index contributed by atoms with van der Waals surface area (Å²) in [5, 5.41) is 3.09. The maximum absolute atomic E-state index is 5.30. The fourth-order valence-corrected chi connectivity index (χ4v) is 1.80. The molecule has 4 N–H and O–H groups in total. The van der Waals surface area contributed by atoms with E-state index in [1.165, 1.54) is 6.20 Å². The Labute approximate surface area is 122 Å². The average Bonchev–Trinajstić information content (AvgIpc) is 2.53. The number of hydrazine groups is 1. The molecule has 0 unspecified atom stereocenters. The van der Waals surface area contributed by atoms with E-state index in [2.05, 4.69) is 20.7 Å². The van der Waals surface area contributed by atoms with Crippen LogP contribution in [-0.4, -0.2) is 31.3 Å². The van der Waals surface area contributed by atoms with Crippen molar-refractivity contribution < 1.29 is 14.2 Å². The van der Waals surface area contributed by atoms with E-state index >= 15 is 0 Å². The van der Waals surface area contributed by atoms with Crippen LogP contribution < -0.4 is 30.8 Å². The summed E-state index contributed by atoms with van der Waals surface area (Å²) < 4.78 is 15.8. The smallest absolute Gasteiger partial charge is 0.203 e. The Morgan fingerprint density at radius 3 is 2.10 bits per heavy atom. The molecule has 8 heteroatoms. The number of nitrogen functional groups attached to an aromatic ring is 1. The third-order valence-corrected chi connectivity index (χ3v) is 2.72. The van der Waals surface area contributed by atoms with Gasteiger partial charge in [0.15, 0.2) is 23.1 Å². The van der Waals surface area contributed by atoms with Gasteiger partial charge in [0.25, 0.3) is 0 Å². The second-order valence-corrected chi connectivity index (χ2v) is 3.97. The van der Waals surface area contributed by atoms with Crippen molar-refractivity contribution >= 4 is 17.3 Å². The third kappa shape index (κ3) is 3.23. The minimum absolute atomic E-state index is 0.451. The maximum Gasteiger partial charge on any atom is 0.203 e. The van der Waals surface area contributed by atoms with E-state index in [9.17, 15) is 0 Å². The van der Waals surface area contributed by atoms with Gasteiger partial charge in [-0.25, -0.2) is 10.8 Å². The molecule has 0 radical (unpaired) electrons. The zero-order valence-electron chi connectivity index (χ0n) is 12.0. The van der Waals surface area contributed by atoms with E-state index in [0.717, 1.165) is 0 Å². The number of rotatable bonds is 6. The number of nitrogens with one attached hydrogen (secondary N) is 2. The zero-order chi connectivity index (χ0) is 15.2. The molecule has 1 heterocycles. The molecule has 0 atom stereocenters. The summed E-state index contributed by atoms with van der Waals surface area (Å²) in [6.07, 6.45) is 3.09. The summed E-state index contributed by atoms with van der Waals surface area (Å²) in [6.45, 7) is 0. The van der Waals surface area contributed by atoms with Crippen molar-refractivity contribution in [3.05, 3.63) is 24.5 Å². The molecule has 0 fully saturated rings. The molecular formula is C13H17N5O3. The van der Waals surface area contributed by atoms with Gasteiger partial charge in [0, 0.05) is 17.8 Å². The standard InChI is InChI=1S/C13H17N5O3/c1-19-9-4-8(5-10(20-2)13(9)21-3)16-11-6-15-7-12(17-11)18-14/h4-7H,14H2,1-3H3,(H2,16,17,18). The lowest BCUT2D eigenvalue weighted by atomic mass is 10.2. The van der Waals surface area contributed by atoms with Gasteiger partial charge in [0.2, 0.25) is 5.75 Å². The van der Waals surface area contributed by atoms with E-state index in [-0.39, 0.29) is 0 Å². The van der Waals surface area contributed by atoms with Gasteiger partial charge >= 0.3 is 0 Å². The van der Waals surface area contributed by atoms with E-state index < -0.39 is 0 Å². The van der Waals surface area contributed by atoms with Crippen molar-refractivity contribution in [1.29, 1.82) is 0 Å². The Bertz CT molecular complexity index is 596. The lowest BCUT2D eigenvalue weighted by Crippen LogP contribution is -2.09. The van der Waals surface area contributed by atoms with Gasteiger partial charge in [-0.1, -0.05) is 0 Å². The highest BCUT2D eigenvalue weighted by Crippen LogP contribution is 2.40. The fraction of sp³-hybridized carbons (Fsp3) is 0.231. The second-order valence-electron chi connectivity index (χ2n) is 3.97. The van der Waals surface area contributed by atoms with Gasteiger partial charge in [-0.3, -0.25) is 4.98 Å². The molecule has 0 saturated heterocycles. The molecule has 21 heavy (non-hydrogen) atoms. The van der Waals surface area contributed by atoms with Crippen LogP contribution in [0.2, 0.25) is 0 Å². The first-order valence-electron chi connectivity index (χ1n) is 6.07. The number of hydrogen-bond acceptors (Lipinski definition) is 8. The SMILES string of the molecule is COc1cc(Nc2cncc(NN)n2)cc(OC)c1OC. The van der Waals surface area contributed by atoms with Crippen LogP contribution in [0.15, 0.2) is 24.5 Å². The molecule has 2 rings (SSSR count). The highest BCUT2D eigenvalue weighted by Gasteiger charge is 2.13. The quantitative estimate of drug-likeness (QED) is 0.544. The number of benzene rings is 1. The number of ether oxygens (including phenoxy) is 3. The summed E-state index contributed by atoms with van der Waals surface area (Å²) in [7, 11) is 4.66. The Balaban J connectivity index is 2.35. The summed E-state index contributed by atoms with van der Waals surface area (Å²) in [6, 6.07) is 3.54. The van der Waals surface area contributed by atoms with Crippen LogP contribution in [0.1, 0.15) is 0 Å². The number of methoxy groups -OCH3 is 3. The fourth-order valence-electron chi connectivity index (χ4n) is 1.80. The highest BCUT2D eigenvalue weighted by molar-refractivity contribution is 5.66. The van der Waals surface area contributed by atoms with E-state index in [1.807, 2.05) is 0 Å². The average molecular weight is 291 g/mol. The first-order valence-corrected chi connectivity index (χ1v) is 6.07. The van der Waals surface area contributed by atoms with Gasteiger partial charge in [0.1, 0.15) is 0 Å². The molecule has 0 spiro atoms. The Morgan fingerprint density at radius 2 is 1.57 bits per heavy atom. The Morgan fingerprint density at radius 1 is 0.952 bits per heavy atom. The molecule has 8 nitrogen and oxygen atoms in total. The summed E-state index contributed by atoms with van der Waals surface area (Å²) in [5.41, 5.74) is 3.15. The Hall–Kier alpha value is -2.74. The number of nitrogens with zero attached hydrogens (tertiary/aromatic N) is 2. The predicted octanol–water partition coefficient (Wildman–Crippen LogP) is 1.53. The molecule has 2 aromatic rings. The molecule has 0 saturated carbocycles. The number of anilines is 3. The lowest BCUT2D eigenvalue weighted by Gasteiger charge is -2.14. The van der Waals surface area contributed by atoms with Gasteiger partial charge < -0.3 is 25.0 Å². The maximum atomic E-state index is 5.30. The van der Waals surface area contributed by atoms with Crippen molar-refractivity contribution in [3.8, 4) is 17.2 Å². The van der Waals surface area contributed by atoms with Crippen molar-refractivity contribution in [2.45, 2.75) is 0 Å². The minimum Gasteiger partial charge on any atom is -0.493 e. The van der Waals surface area contributed by atoms with E-state index in [0.29, 0.717) is 34.6 Å². The molecule has 0 amide bonds. The topological polar surface area (TPSA) is 104 Å². The molecular weight excluding hydrogens is 274 g/mol. The number of hydrogen-bond donors (Lipinski definition) is 3. The largest absolute Gasteiger partial charge is 0.493 e. The minimum atomic E-state index is 0.451. The van der Waals surface area contributed by atoms with Crippen LogP contribution in [0.5, 0.6) is 17.2 Å². The molecule has 0 aliphatic heterocycles. The first-order chi connectivity index (χ1) is 10.2. The van der Waals surface area contributed by atoms with Gasteiger partial charge in [-0.2, -0.15) is 0 Å². The first kappa shape index (κ1) is 14.7. The molecule has 1 aromatic heterocycles. The van der Waals surface area contributed by atoms with Crippen LogP contribution in [0.4, 0.5) is 17.3 Å². The summed E-state index contributed by atoms with van der Waals surface area (Å²) >= 11 is 0. The Kier molecular flexibility index (Phi) is 4.62. The predicted molar refractivity (Wildman–Crippen MR) is 79.2 cm³/mol. The second kappa shape index (κ2) is 6.62. The summed E-state index contributed by atoms with van der Waals surface area (Å²) in [4.78, 5) is 8.23. The molecule has 1 aromatic carbocycles. The van der Waals surface area contributed by atoms with E-state index in [1.54, 1.807) is 39.7 Å².